The molecule has 152 valence electrons. The van der Waals surface area contributed by atoms with Crippen molar-refractivity contribution in [1.29, 1.82) is 0 Å². The number of aromatic nitrogens is 2. The average molecular weight is 396 g/mol. The summed E-state index contributed by atoms with van der Waals surface area (Å²) in [5, 5.41) is 7.18. The smallest absolute Gasteiger partial charge is 0.290 e. The van der Waals surface area contributed by atoms with Gasteiger partial charge in [0.15, 0.2) is 0 Å². The number of para-hydroxylation sites is 1. The monoisotopic (exact) mass is 396 g/mol. The second-order valence-corrected chi connectivity index (χ2v) is 6.77. The Labute approximate surface area is 168 Å². The van der Waals surface area contributed by atoms with E-state index in [1.807, 2.05) is 37.3 Å². The lowest BCUT2D eigenvalue weighted by atomic mass is 10.1. The first-order valence-electron chi connectivity index (χ1n) is 9.18. The maximum absolute atomic E-state index is 12.7. The molecular weight excluding hydrogens is 372 g/mol. The Morgan fingerprint density at radius 2 is 2.03 bits per heavy atom. The molecule has 3 aromatic rings. The van der Waals surface area contributed by atoms with Crippen LogP contribution in [0.2, 0.25) is 0 Å². The van der Waals surface area contributed by atoms with Gasteiger partial charge in [-0.3, -0.25) is 9.59 Å². The number of hydrogen-bond donors (Lipinski definition) is 2. The van der Waals surface area contributed by atoms with E-state index in [1.54, 1.807) is 21.0 Å². The number of anilines is 1. The van der Waals surface area contributed by atoms with Gasteiger partial charge in [0.25, 0.3) is 5.56 Å². The van der Waals surface area contributed by atoms with Gasteiger partial charge in [0, 0.05) is 17.7 Å². The van der Waals surface area contributed by atoms with Crippen molar-refractivity contribution in [2.24, 2.45) is 0 Å². The first-order chi connectivity index (χ1) is 13.8. The fourth-order valence-electron chi connectivity index (χ4n) is 3.10. The number of ether oxygens (including phenoxy) is 1. The Bertz CT molecular complexity index is 1100. The van der Waals surface area contributed by atoms with Crippen LogP contribution in [-0.4, -0.2) is 22.8 Å². The zero-order valence-electron chi connectivity index (χ0n) is 16.9. The minimum absolute atomic E-state index is 0.0117. The molecule has 1 aromatic carbocycles. The van der Waals surface area contributed by atoms with E-state index in [2.05, 4.69) is 10.4 Å². The van der Waals surface area contributed by atoms with Crippen molar-refractivity contribution in [2.75, 3.05) is 12.8 Å². The van der Waals surface area contributed by atoms with E-state index >= 15 is 0 Å². The molecule has 0 saturated heterocycles. The quantitative estimate of drug-likeness (QED) is 0.662. The van der Waals surface area contributed by atoms with Crippen molar-refractivity contribution in [1.82, 2.24) is 15.1 Å². The van der Waals surface area contributed by atoms with Crippen LogP contribution in [0.5, 0.6) is 5.75 Å². The Morgan fingerprint density at radius 3 is 2.69 bits per heavy atom. The van der Waals surface area contributed by atoms with Crippen LogP contribution in [0.3, 0.4) is 0 Å². The molecule has 0 aliphatic heterocycles. The summed E-state index contributed by atoms with van der Waals surface area (Å²) in [7, 11) is 1.57. The summed E-state index contributed by atoms with van der Waals surface area (Å²) in [6, 6.07) is 9.84. The Kier molecular flexibility index (Phi) is 5.72. The van der Waals surface area contributed by atoms with Gasteiger partial charge in [-0.05, 0) is 39.0 Å². The lowest BCUT2D eigenvalue weighted by Crippen LogP contribution is -2.37. The fraction of sp³-hybridized carbons (Fsp3) is 0.286. The number of rotatable bonds is 6. The maximum Gasteiger partial charge on any atom is 0.290 e. The summed E-state index contributed by atoms with van der Waals surface area (Å²) in [6.07, 6.45) is 0. The number of nitrogens with one attached hydrogen (secondary N) is 1. The molecule has 0 aliphatic rings. The van der Waals surface area contributed by atoms with E-state index in [4.69, 9.17) is 14.9 Å². The third kappa shape index (κ3) is 4.16. The van der Waals surface area contributed by atoms with Gasteiger partial charge in [0.1, 0.15) is 29.0 Å². The molecule has 3 N–H and O–H groups in total. The molecule has 0 unspecified atom stereocenters. The van der Waals surface area contributed by atoms with Gasteiger partial charge in [-0.2, -0.15) is 5.10 Å². The number of nitrogens with two attached hydrogens (primary N) is 1. The summed E-state index contributed by atoms with van der Waals surface area (Å²) < 4.78 is 11.9. The van der Waals surface area contributed by atoms with Crippen molar-refractivity contribution in [2.45, 2.75) is 33.4 Å². The molecule has 8 heteroatoms. The third-order valence-corrected chi connectivity index (χ3v) is 4.67. The molecule has 0 bridgehead atoms. The number of furan rings is 1. The predicted molar refractivity (Wildman–Crippen MR) is 110 cm³/mol. The average Bonchev–Trinajstić information content (AvgIpc) is 3.05. The van der Waals surface area contributed by atoms with E-state index in [1.165, 1.54) is 6.07 Å². The Morgan fingerprint density at radius 1 is 1.31 bits per heavy atom. The summed E-state index contributed by atoms with van der Waals surface area (Å²) in [5.41, 5.74) is 7.42. The highest BCUT2D eigenvalue weighted by Gasteiger charge is 2.21. The molecule has 0 fully saturated rings. The molecular formula is C21H24N4O4. The number of hydrogen-bond acceptors (Lipinski definition) is 6. The SMILES string of the molecule is COc1ccccc1CNC(=O)[C@H](C)n1nc(-c2cc(C)oc2C)cc(N)c1=O. The number of carbonyl (C=O) groups excluding carboxylic acids is 1. The van der Waals surface area contributed by atoms with E-state index in [9.17, 15) is 9.59 Å². The van der Waals surface area contributed by atoms with Crippen molar-refractivity contribution in [3.8, 4) is 17.0 Å². The summed E-state index contributed by atoms with van der Waals surface area (Å²) in [6.45, 7) is 5.49. The highest BCUT2D eigenvalue weighted by Crippen LogP contribution is 2.25. The molecule has 3 rings (SSSR count). The second kappa shape index (κ2) is 8.22. The molecule has 0 radical (unpaired) electrons. The highest BCUT2D eigenvalue weighted by molar-refractivity contribution is 5.80. The number of amides is 1. The van der Waals surface area contributed by atoms with Crippen molar-refractivity contribution in [3.05, 3.63) is 63.8 Å². The minimum atomic E-state index is -0.854. The topological polar surface area (TPSA) is 112 Å². The predicted octanol–water partition coefficient (Wildman–Crippen LogP) is 2.59. The number of nitrogens with zero attached hydrogens (tertiary/aromatic N) is 2. The van der Waals surface area contributed by atoms with Crippen LogP contribution in [0.25, 0.3) is 11.3 Å². The minimum Gasteiger partial charge on any atom is -0.496 e. The third-order valence-electron chi connectivity index (χ3n) is 4.67. The Balaban J connectivity index is 1.86. The van der Waals surface area contributed by atoms with Gasteiger partial charge in [-0.1, -0.05) is 18.2 Å². The molecule has 1 amide bonds. The van der Waals surface area contributed by atoms with Crippen LogP contribution in [0.1, 0.15) is 30.0 Å². The van der Waals surface area contributed by atoms with Gasteiger partial charge in [0.2, 0.25) is 5.91 Å². The van der Waals surface area contributed by atoms with Gasteiger partial charge in [-0.15, -0.1) is 0 Å². The number of methoxy groups -OCH3 is 1. The van der Waals surface area contributed by atoms with Crippen LogP contribution in [-0.2, 0) is 11.3 Å². The molecule has 0 saturated carbocycles. The molecule has 8 nitrogen and oxygen atoms in total. The van der Waals surface area contributed by atoms with Crippen LogP contribution >= 0.6 is 0 Å². The lowest BCUT2D eigenvalue weighted by molar-refractivity contribution is -0.124. The number of aryl methyl sites for hydroxylation is 2. The zero-order valence-corrected chi connectivity index (χ0v) is 16.9. The number of benzene rings is 1. The molecule has 2 aromatic heterocycles. The number of nitrogen functional groups attached to an aromatic ring is 1. The first kappa shape index (κ1) is 20.2. The second-order valence-electron chi connectivity index (χ2n) is 6.77. The van der Waals surface area contributed by atoms with Crippen LogP contribution < -0.4 is 21.3 Å². The van der Waals surface area contributed by atoms with Crippen LogP contribution in [0.15, 0.2) is 45.6 Å². The highest BCUT2D eigenvalue weighted by atomic mass is 16.5. The van der Waals surface area contributed by atoms with E-state index < -0.39 is 11.6 Å². The van der Waals surface area contributed by atoms with Gasteiger partial charge in [0.05, 0.1) is 12.8 Å². The van der Waals surface area contributed by atoms with E-state index in [-0.39, 0.29) is 18.1 Å². The van der Waals surface area contributed by atoms with E-state index in [0.29, 0.717) is 17.2 Å². The molecule has 2 heterocycles. The number of carbonyl (C=O) groups is 1. The molecule has 1 atom stereocenters. The van der Waals surface area contributed by atoms with E-state index in [0.717, 1.165) is 21.6 Å². The van der Waals surface area contributed by atoms with Crippen molar-refractivity contribution < 1.29 is 13.9 Å². The fourth-order valence-corrected chi connectivity index (χ4v) is 3.10. The standard InChI is InChI=1S/C21H24N4O4/c1-12-9-16(14(3)29-12)18-10-17(22)21(27)25(24-18)13(2)20(26)23-11-15-7-5-6-8-19(15)28-4/h5-10,13H,11,22H2,1-4H3,(H,23,26)/t13-/m0/s1. The Hall–Kier alpha value is -3.55. The first-order valence-corrected chi connectivity index (χ1v) is 9.18. The molecule has 0 aliphatic carbocycles. The zero-order chi connectivity index (χ0) is 21.1. The van der Waals surface area contributed by atoms with Gasteiger partial charge >= 0.3 is 0 Å². The summed E-state index contributed by atoms with van der Waals surface area (Å²) in [4.78, 5) is 25.2. The molecule has 29 heavy (non-hydrogen) atoms. The van der Waals surface area contributed by atoms with Crippen LogP contribution in [0.4, 0.5) is 5.69 Å². The van der Waals surface area contributed by atoms with Crippen molar-refractivity contribution >= 4 is 11.6 Å². The maximum atomic E-state index is 12.7. The summed E-state index contributed by atoms with van der Waals surface area (Å²) in [5.74, 6) is 1.70. The van der Waals surface area contributed by atoms with Gasteiger partial charge in [-0.25, -0.2) is 4.68 Å². The normalized spacial score (nSPS) is 11.9. The van der Waals surface area contributed by atoms with Crippen molar-refractivity contribution in [3.63, 3.8) is 0 Å². The largest absolute Gasteiger partial charge is 0.496 e. The molecule has 0 spiro atoms. The lowest BCUT2D eigenvalue weighted by Gasteiger charge is -2.16. The van der Waals surface area contributed by atoms with Gasteiger partial charge < -0.3 is 20.2 Å². The summed E-state index contributed by atoms with van der Waals surface area (Å²) >= 11 is 0. The van der Waals surface area contributed by atoms with Crippen LogP contribution in [0, 0.1) is 13.8 Å².